The van der Waals surface area contributed by atoms with Crippen LogP contribution in [0.5, 0.6) is 0 Å². The molecule has 5 N–H and O–H groups in total. The van der Waals surface area contributed by atoms with Crippen LogP contribution in [0.2, 0.25) is 0 Å². The topological polar surface area (TPSA) is 132 Å². The molecule has 98 valence electrons. The van der Waals surface area contributed by atoms with Gasteiger partial charge >= 0.3 is 6.03 Å². The fourth-order valence-corrected chi connectivity index (χ4v) is 2.39. The number of rotatable bonds is 3. The number of benzene rings is 1. The highest BCUT2D eigenvalue weighted by Crippen LogP contribution is 2.17. The Kier molecular flexibility index (Phi) is 3.86. The number of urea groups is 1. The Morgan fingerprint density at radius 3 is 2.39 bits per heavy atom. The maximum Gasteiger partial charge on any atom is 0.318 e. The molecule has 0 spiro atoms. The molecule has 0 atom stereocenters. The number of imide groups is 1. The summed E-state index contributed by atoms with van der Waals surface area (Å²) in [5.74, 6) is -2.98. The molecule has 0 aliphatic carbocycles. The molecule has 9 heteroatoms. The van der Waals surface area contributed by atoms with E-state index in [0.717, 1.165) is 18.2 Å². The van der Waals surface area contributed by atoms with E-state index in [9.17, 15) is 22.4 Å². The molecule has 0 fully saturated rings. The molecule has 0 bridgehead atoms. The van der Waals surface area contributed by atoms with Crippen LogP contribution in [0.25, 0.3) is 0 Å². The van der Waals surface area contributed by atoms with Crippen LogP contribution in [0.3, 0.4) is 0 Å². The number of nitrogens with two attached hydrogens (primary N) is 2. The maximum atomic E-state index is 13.0. The van der Waals surface area contributed by atoms with E-state index in [0.29, 0.717) is 0 Å². The molecule has 0 aromatic heterocycles. The summed E-state index contributed by atoms with van der Waals surface area (Å²) < 4.78 is 36.4. The van der Waals surface area contributed by atoms with Gasteiger partial charge in [0.25, 0.3) is 0 Å². The molecule has 18 heavy (non-hydrogen) atoms. The molecular formula is C9H10FN3O4S. The second-order valence-electron chi connectivity index (χ2n) is 3.39. The van der Waals surface area contributed by atoms with Crippen molar-refractivity contribution in [2.75, 3.05) is 11.5 Å². The van der Waals surface area contributed by atoms with E-state index in [1.165, 1.54) is 0 Å². The van der Waals surface area contributed by atoms with Crippen LogP contribution in [0.15, 0.2) is 23.1 Å². The zero-order valence-electron chi connectivity index (χ0n) is 9.01. The Morgan fingerprint density at radius 1 is 1.28 bits per heavy atom. The minimum atomic E-state index is -4.09. The number of nitrogens with one attached hydrogen (secondary N) is 1. The second-order valence-corrected chi connectivity index (χ2v) is 5.38. The van der Waals surface area contributed by atoms with E-state index < -0.39 is 38.2 Å². The Hall–Kier alpha value is -2.16. The van der Waals surface area contributed by atoms with Crippen molar-refractivity contribution >= 4 is 27.5 Å². The van der Waals surface area contributed by atoms with E-state index >= 15 is 0 Å². The highest BCUT2D eigenvalue weighted by Gasteiger charge is 2.21. The summed E-state index contributed by atoms with van der Waals surface area (Å²) in [5.41, 5.74) is 9.85. The predicted octanol–water partition coefficient (Wildman–Crippen LogP) is -0.623. The van der Waals surface area contributed by atoms with Crippen LogP contribution >= 0.6 is 0 Å². The van der Waals surface area contributed by atoms with Crippen molar-refractivity contribution in [1.29, 1.82) is 0 Å². The molecular weight excluding hydrogens is 265 g/mol. The third kappa shape index (κ3) is 3.70. The van der Waals surface area contributed by atoms with Gasteiger partial charge in [-0.15, -0.1) is 0 Å². The minimum Gasteiger partial charge on any atom is -0.399 e. The summed E-state index contributed by atoms with van der Waals surface area (Å²) in [6.07, 6.45) is 0. The molecule has 0 radical (unpaired) electrons. The van der Waals surface area contributed by atoms with Gasteiger partial charge in [0, 0.05) is 5.69 Å². The number of hydrogen-bond acceptors (Lipinski definition) is 5. The van der Waals surface area contributed by atoms with Gasteiger partial charge in [-0.2, -0.15) is 0 Å². The molecule has 0 unspecified atom stereocenters. The van der Waals surface area contributed by atoms with Crippen LogP contribution in [-0.2, 0) is 14.6 Å². The van der Waals surface area contributed by atoms with E-state index in [4.69, 9.17) is 5.73 Å². The predicted molar refractivity (Wildman–Crippen MR) is 60.6 cm³/mol. The second kappa shape index (κ2) is 5.00. The van der Waals surface area contributed by atoms with Crippen molar-refractivity contribution < 1.29 is 22.4 Å². The molecule has 0 saturated heterocycles. The van der Waals surface area contributed by atoms with Crippen molar-refractivity contribution in [1.82, 2.24) is 5.32 Å². The Morgan fingerprint density at radius 2 is 1.89 bits per heavy atom. The summed E-state index contributed by atoms with van der Waals surface area (Å²) >= 11 is 0. The minimum absolute atomic E-state index is 0.0936. The Labute approximate surface area is 102 Å². The number of hydrogen-bond donors (Lipinski definition) is 3. The summed E-state index contributed by atoms with van der Waals surface area (Å²) in [7, 11) is -4.09. The Balaban J connectivity index is 2.99. The first-order valence-electron chi connectivity index (χ1n) is 4.59. The van der Waals surface area contributed by atoms with Crippen molar-refractivity contribution in [2.24, 2.45) is 5.73 Å². The number of sulfone groups is 1. The van der Waals surface area contributed by atoms with Crippen LogP contribution in [0.4, 0.5) is 14.9 Å². The highest BCUT2D eigenvalue weighted by atomic mass is 32.2. The zero-order chi connectivity index (χ0) is 13.9. The van der Waals surface area contributed by atoms with E-state index in [1.54, 1.807) is 5.32 Å². The van der Waals surface area contributed by atoms with Gasteiger partial charge in [-0.1, -0.05) is 0 Å². The smallest absolute Gasteiger partial charge is 0.318 e. The van der Waals surface area contributed by atoms with Gasteiger partial charge in [0.05, 0.1) is 4.90 Å². The van der Waals surface area contributed by atoms with Crippen LogP contribution in [0, 0.1) is 5.82 Å². The van der Waals surface area contributed by atoms with Gasteiger partial charge in [-0.25, -0.2) is 17.6 Å². The standard InChI is InChI=1S/C9H10FN3O4S/c10-5-1-6(11)3-7(2-5)18(16,17)4-8(14)13-9(12)15/h1-3H,4,11H2,(H3,12,13,14,15). The summed E-state index contributed by atoms with van der Waals surface area (Å²) in [5, 5.41) is 1.59. The van der Waals surface area contributed by atoms with Gasteiger partial charge in [0.2, 0.25) is 5.91 Å². The number of carbonyl (C=O) groups excluding carboxylic acids is 2. The van der Waals surface area contributed by atoms with Crippen LogP contribution < -0.4 is 16.8 Å². The monoisotopic (exact) mass is 275 g/mol. The number of nitrogen functional groups attached to an aromatic ring is 1. The lowest BCUT2D eigenvalue weighted by atomic mass is 10.3. The first-order chi connectivity index (χ1) is 8.20. The molecule has 0 saturated carbocycles. The average molecular weight is 275 g/mol. The quantitative estimate of drug-likeness (QED) is 0.632. The maximum absolute atomic E-state index is 13.0. The normalized spacial score (nSPS) is 10.9. The van der Waals surface area contributed by atoms with E-state index in [2.05, 4.69) is 5.73 Å². The number of halogens is 1. The fourth-order valence-electron chi connectivity index (χ4n) is 1.19. The van der Waals surface area contributed by atoms with Crippen LogP contribution in [-0.4, -0.2) is 26.1 Å². The van der Waals surface area contributed by atoms with Gasteiger partial charge in [0.15, 0.2) is 9.84 Å². The summed E-state index contributed by atoms with van der Waals surface area (Å²) in [4.78, 5) is 21.0. The zero-order valence-corrected chi connectivity index (χ0v) is 9.83. The molecule has 0 heterocycles. The van der Waals surface area contributed by atoms with Gasteiger partial charge in [-0.05, 0) is 18.2 Å². The lowest BCUT2D eigenvalue weighted by Gasteiger charge is -2.05. The number of primary amides is 1. The third-order valence-electron chi connectivity index (χ3n) is 1.84. The first-order valence-corrected chi connectivity index (χ1v) is 6.24. The van der Waals surface area contributed by atoms with Gasteiger partial charge in [-0.3, -0.25) is 10.1 Å². The lowest BCUT2D eigenvalue weighted by Crippen LogP contribution is -2.38. The largest absolute Gasteiger partial charge is 0.399 e. The SMILES string of the molecule is NC(=O)NC(=O)CS(=O)(=O)c1cc(N)cc(F)c1. The number of carbonyl (C=O) groups is 2. The Bertz CT molecular complexity index is 580. The summed E-state index contributed by atoms with van der Waals surface area (Å²) in [6.45, 7) is 0. The van der Waals surface area contributed by atoms with Crippen molar-refractivity contribution in [3.05, 3.63) is 24.0 Å². The molecule has 7 nitrogen and oxygen atoms in total. The van der Waals surface area contributed by atoms with Crippen molar-refractivity contribution in [2.45, 2.75) is 4.90 Å². The molecule has 1 rings (SSSR count). The van der Waals surface area contributed by atoms with E-state index in [1.807, 2.05) is 0 Å². The first kappa shape index (κ1) is 13.9. The average Bonchev–Trinajstić information content (AvgIpc) is 2.13. The van der Waals surface area contributed by atoms with Gasteiger partial charge < -0.3 is 11.5 Å². The van der Waals surface area contributed by atoms with Crippen molar-refractivity contribution in [3.8, 4) is 0 Å². The van der Waals surface area contributed by atoms with E-state index in [-0.39, 0.29) is 5.69 Å². The van der Waals surface area contributed by atoms with Crippen molar-refractivity contribution in [3.63, 3.8) is 0 Å². The highest BCUT2D eigenvalue weighted by molar-refractivity contribution is 7.92. The summed E-state index contributed by atoms with van der Waals surface area (Å²) in [6, 6.07) is 1.50. The fraction of sp³-hybridized carbons (Fsp3) is 0.111. The van der Waals surface area contributed by atoms with Crippen LogP contribution in [0.1, 0.15) is 0 Å². The number of amides is 3. The molecule has 0 aliphatic heterocycles. The third-order valence-corrected chi connectivity index (χ3v) is 3.43. The molecule has 1 aromatic carbocycles. The molecule has 0 aliphatic rings. The lowest BCUT2D eigenvalue weighted by molar-refractivity contribution is -0.117. The molecule has 3 amide bonds. The van der Waals surface area contributed by atoms with Gasteiger partial charge in [0.1, 0.15) is 11.6 Å². The number of anilines is 1. The molecule has 1 aromatic rings.